The molecular formula is C15H30N2. The molecule has 1 saturated heterocycles. The summed E-state index contributed by atoms with van der Waals surface area (Å²) in [7, 11) is 0. The van der Waals surface area contributed by atoms with Crippen molar-refractivity contribution in [3.8, 4) is 0 Å². The van der Waals surface area contributed by atoms with E-state index >= 15 is 0 Å². The zero-order chi connectivity index (χ0) is 12.1. The second-order valence-electron chi connectivity index (χ2n) is 6.17. The first-order valence-electron chi connectivity index (χ1n) is 7.78. The third-order valence-electron chi connectivity index (χ3n) is 4.80. The molecule has 17 heavy (non-hydrogen) atoms. The Morgan fingerprint density at radius 2 is 2.18 bits per heavy atom. The van der Waals surface area contributed by atoms with E-state index in [0.29, 0.717) is 6.04 Å². The topological polar surface area (TPSA) is 24.1 Å². The maximum atomic E-state index is 3.73. The highest BCUT2D eigenvalue weighted by atomic mass is 15.0. The van der Waals surface area contributed by atoms with E-state index in [0.717, 1.165) is 17.9 Å². The second-order valence-corrected chi connectivity index (χ2v) is 6.17. The fourth-order valence-corrected chi connectivity index (χ4v) is 3.66. The van der Waals surface area contributed by atoms with E-state index in [1.54, 1.807) is 0 Å². The predicted octanol–water partition coefficient (Wildman–Crippen LogP) is 2.93. The summed E-state index contributed by atoms with van der Waals surface area (Å²) in [5, 5.41) is 7.45. The molecule has 2 N–H and O–H groups in total. The zero-order valence-electron chi connectivity index (χ0n) is 11.7. The van der Waals surface area contributed by atoms with E-state index in [1.807, 2.05) is 0 Å². The largest absolute Gasteiger partial charge is 0.313 e. The SMILES string of the molecule is CCCCCC(C)NCC1NCC2CCCC21. The summed E-state index contributed by atoms with van der Waals surface area (Å²) < 4.78 is 0. The molecule has 2 heteroatoms. The van der Waals surface area contributed by atoms with Crippen LogP contribution in [0.1, 0.15) is 58.8 Å². The average molecular weight is 238 g/mol. The minimum absolute atomic E-state index is 0.698. The highest BCUT2D eigenvalue weighted by molar-refractivity contribution is 4.95. The van der Waals surface area contributed by atoms with Crippen LogP contribution in [0.2, 0.25) is 0 Å². The Balaban J connectivity index is 1.61. The van der Waals surface area contributed by atoms with Crippen molar-refractivity contribution in [1.29, 1.82) is 0 Å². The standard InChI is InChI=1S/C15H30N2/c1-3-4-5-7-12(2)16-11-15-14-9-6-8-13(14)10-17-15/h12-17H,3-11H2,1-2H3. The Kier molecular flexibility index (Phi) is 5.30. The summed E-state index contributed by atoms with van der Waals surface area (Å²) in [6.07, 6.45) is 9.86. The first kappa shape index (κ1) is 13.4. The molecule has 2 rings (SSSR count). The molecule has 0 aromatic carbocycles. The van der Waals surface area contributed by atoms with E-state index in [4.69, 9.17) is 0 Å². The third kappa shape index (κ3) is 3.69. The van der Waals surface area contributed by atoms with Crippen LogP contribution in [-0.2, 0) is 0 Å². The molecular weight excluding hydrogens is 208 g/mol. The smallest absolute Gasteiger partial charge is 0.0224 e. The fourth-order valence-electron chi connectivity index (χ4n) is 3.66. The van der Waals surface area contributed by atoms with Gasteiger partial charge < -0.3 is 10.6 Å². The highest BCUT2D eigenvalue weighted by Crippen LogP contribution is 2.37. The lowest BCUT2D eigenvalue weighted by Gasteiger charge is -2.21. The number of hydrogen-bond acceptors (Lipinski definition) is 2. The van der Waals surface area contributed by atoms with Crippen LogP contribution in [0.25, 0.3) is 0 Å². The minimum atomic E-state index is 0.698. The summed E-state index contributed by atoms with van der Waals surface area (Å²) in [4.78, 5) is 0. The first-order valence-corrected chi connectivity index (χ1v) is 7.78. The van der Waals surface area contributed by atoms with Gasteiger partial charge in [0.25, 0.3) is 0 Å². The first-order chi connectivity index (χ1) is 8.31. The van der Waals surface area contributed by atoms with Gasteiger partial charge in [0.05, 0.1) is 0 Å². The van der Waals surface area contributed by atoms with Crippen molar-refractivity contribution in [2.75, 3.05) is 13.1 Å². The van der Waals surface area contributed by atoms with Crippen LogP contribution >= 0.6 is 0 Å². The van der Waals surface area contributed by atoms with Crippen LogP contribution in [0.15, 0.2) is 0 Å². The van der Waals surface area contributed by atoms with Gasteiger partial charge in [0.1, 0.15) is 0 Å². The molecule has 2 aliphatic rings. The van der Waals surface area contributed by atoms with Crippen LogP contribution in [0.5, 0.6) is 0 Å². The maximum absolute atomic E-state index is 3.73. The van der Waals surface area contributed by atoms with Crippen LogP contribution < -0.4 is 10.6 Å². The summed E-state index contributed by atoms with van der Waals surface area (Å²) in [6, 6.07) is 1.46. The summed E-state index contributed by atoms with van der Waals surface area (Å²) in [5.74, 6) is 1.97. The van der Waals surface area contributed by atoms with E-state index in [2.05, 4.69) is 24.5 Å². The van der Waals surface area contributed by atoms with E-state index < -0.39 is 0 Å². The molecule has 2 fully saturated rings. The second kappa shape index (κ2) is 6.75. The van der Waals surface area contributed by atoms with Crippen molar-refractivity contribution in [2.45, 2.75) is 70.9 Å². The van der Waals surface area contributed by atoms with E-state index in [-0.39, 0.29) is 0 Å². The molecule has 1 aliphatic heterocycles. The molecule has 0 aromatic heterocycles. The van der Waals surface area contributed by atoms with Gasteiger partial charge >= 0.3 is 0 Å². The monoisotopic (exact) mass is 238 g/mol. The van der Waals surface area contributed by atoms with Gasteiger partial charge in [0.2, 0.25) is 0 Å². The summed E-state index contributed by atoms with van der Waals surface area (Å²) >= 11 is 0. The molecule has 0 aromatic rings. The fraction of sp³-hybridized carbons (Fsp3) is 1.00. The lowest BCUT2D eigenvalue weighted by Crippen LogP contribution is -2.41. The van der Waals surface area contributed by atoms with Gasteiger partial charge in [-0.25, -0.2) is 0 Å². The molecule has 0 amide bonds. The Morgan fingerprint density at radius 3 is 3.00 bits per heavy atom. The van der Waals surface area contributed by atoms with Crippen LogP contribution in [-0.4, -0.2) is 25.2 Å². The number of fused-ring (bicyclic) bond motifs is 1. The van der Waals surface area contributed by atoms with Crippen molar-refractivity contribution in [1.82, 2.24) is 10.6 Å². The van der Waals surface area contributed by atoms with Crippen molar-refractivity contribution in [2.24, 2.45) is 11.8 Å². The molecule has 2 nitrogen and oxygen atoms in total. The quantitative estimate of drug-likeness (QED) is 0.666. The number of unbranched alkanes of at least 4 members (excludes halogenated alkanes) is 2. The Labute approximate surface area is 107 Å². The highest BCUT2D eigenvalue weighted by Gasteiger charge is 2.38. The maximum Gasteiger partial charge on any atom is 0.0224 e. The Bertz CT molecular complexity index is 217. The number of nitrogens with one attached hydrogen (secondary N) is 2. The molecule has 1 heterocycles. The van der Waals surface area contributed by atoms with Gasteiger partial charge in [-0.05, 0) is 44.6 Å². The zero-order valence-corrected chi connectivity index (χ0v) is 11.7. The van der Waals surface area contributed by atoms with Gasteiger partial charge in [-0.3, -0.25) is 0 Å². The Hall–Kier alpha value is -0.0800. The summed E-state index contributed by atoms with van der Waals surface area (Å²) in [6.45, 7) is 7.09. The molecule has 100 valence electrons. The minimum Gasteiger partial charge on any atom is -0.313 e. The molecule has 1 saturated carbocycles. The van der Waals surface area contributed by atoms with Gasteiger partial charge in [0, 0.05) is 18.6 Å². The van der Waals surface area contributed by atoms with Gasteiger partial charge in [-0.1, -0.05) is 32.6 Å². The summed E-state index contributed by atoms with van der Waals surface area (Å²) in [5.41, 5.74) is 0. The van der Waals surface area contributed by atoms with Gasteiger partial charge in [0.15, 0.2) is 0 Å². The van der Waals surface area contributed by atoms with Crippen LogP contribution in [0.3, 0.4) is 0 Å². The normalized spacial score (nSPS) is 33.9. The van der Waals surface area contributed by atoms with Crippen LogP contribution in [0.4, 0.5) is 0 Å². The van der Waals surface area contributed by atoms with Gasteiger partial charge in [-0.2, -0.15) is 0 Å². The van der Waals surface area contributed by atoms with Crippen molar-refractivity contribution in [3.05, 3.63) is 0 Å². The lowest BCUT2D eigenvalue weighted by molar-refractivity contribution is 0.371. The predicted molar refractivity (Wildman–Crippen MR) is 74.2 cm³/mol. The van der Waals surface area contributed by atoms with E-state index in [1.165, 1.54) is 58.0 Å². The molecule has 1 aliphatic carbocycles. The Morgan fingerprint density at radius 1 is 1.29 bits per heavy atom. The molecule has 0 radical (unpaired) electrons. The van der Waals surface area contributed by atoms with E-state index in [9.17, 15) is 0 Å². The third-order valence-corrected chi connectivity index (χ3v) is 4.80. The molecule has 4 atom stereocenters. The molecule has 4 unspecified atom stereocenters. The molecule has 0 bridgehead atoms. The van der Waals surface area contributed by atoms with Crippen molar-refractivity contribution < 1.29 is 0 Å². The van der Waals surface area contributed by atoms with Crippen LogP contribution in [0, 0.1) is 11.8 Å². The lowest BCUT2D eigenvalue weighted by atomic mass is 9.94. The molecule has 0 spiro atoms. The van der Waals surface area contributed by atoms with Crippen molar-refractivity contribution >= 4 is 0 Å². The number of rotatable bonds is 7. The number of hydrogen-bond donors (Lipinski definition) is 2. The van der Waals surface area contributed by atoms with Gasteiger partial charge in [-0.15, -0.1) is 0 Å². The average Bonchev–Trinajstić information content (AvgIpc) is 2.89. The van der Waals surface area contributed by atoms with Crippen molar-refractivity contribution in [3.63, 3.8) is 0 Å².